The summed E-state index contributed by atoms with van der Waals surface area (Å²) in [5, 5.41) is 3.67. The quantitative estimate of drug-likeness (QED) is 0.464. The van der Waals surface area contributed by atoms with E-state index in [-0.39, 0.29) is 29.2 Å². The first-order valence-electron chi connectivity index (χ1n) is 10.6. The molecule has 0 aliphatic rings. The number of sulfonamides is 1. The Balaban J connectivity index is 2.46. The second-order valence-corrected chi connectivity index (χ2v) is 11.1. The minimum atomic E-state index is -3.88. The second kappa shape index (κ2) is 12.1. The number of hydrogen-bond acceptors (Lipinski definition) is 4. The van der Waals surface area contributed by atoms with Gasteiger partial charge in [-0.25, -0.2) is 8.42 Å². The van der Waals surface area contributed by atoms with Crippen LogP contribution in [-0.4, -0.2) is 50.0 Å². The van der Waals surface area contributed by atoms with Crippen LogP contribution in [0, 0.1) is 0 Å². The van der Waals surface area contributed by atoms with Crippen molar-refractivity contribution < 1.29 is 18.0 Å². The van der Waals surface area contributed by atoms with Crippen molar-refractivity contribution in [1.82, 2.24) is 10.2 Å². The molecule has 2 amide bonds. The van der Waals surface area contributed by atoms with E-state index < -0.39 is 28.5 Å². The van der Waals surface area contributed by atoms with E-state index in [2.05, 4.69) is 5.32 Å². The normalized spacial score (nSPS) is 13.1. The molecule has 2 atom stereocenters. The van der Waals surface area contributed by atoms with Gasteiger partial charge in [-0.2, -0.15) is 0 Å². The van der Waals surface area contributed by atoms with Gasteiger partial charge < -0.3 is 10.2 Å². The lowest BCUT2D eigenvalue weighted by molar-refractivity contribution is -0.139. The summed E-state index contributed by atoms with van der Waals surface area (Å²) < 4.78 is 26.1. The van der Waals surface area contributed by atoms with Gasteiger partial charge in [0.15, 0.2) is 0 Å². The molecule has 2 unspecified atom stereocenters. The van der Waals surface area contributed by atoms with E-state index in [0.29, 0.717) is 22.0 Å². The summed E-state index contributed by atoms with van der Waals surface area (Å²) in [5.41, 5.74) is 0.610. The van der Waals surface area contributed by atoms with Crippen molar-refractivity contribution in [2.75, 3.05) is 17.1 Å². The molecule has 0 saturated heterocycles. The summed E-state index contributed by atoms with van der Waals surface area (Å²) in [6, 6.07) is 10.2. The van der Waals surface area contributed by atoms with E-state index in [0.717, 1.165) is 10.6 Å². The van der Waals surface area contributed by atoms with Gasteiger partial charge in [-0.15, -0.1) is 0 Å². The van der Waals surface area contributed by atoms with Crippen molar-refractivity contribution in [3.63, 3.8) is 0 Å². The SMILES string of the molecule is CCC(C)NC(=O)C(C)N(Cc1c(Cl)cccc1Cl)C(=O)CN(c1ccccc1Cl)S(C)(=O)=O. The molecule has 0 aromatic heterocycles. The average Bonchev–Trinajstić information content (AvgIpc) is 2.76. The molecule has 0 bridgehead atoms. The van der Waals surface area contributed by atoms with E-state index in [1.54, 1.807) is 37.3 Å². The van der Waals surface area contributed by atoms with Crippen LogP contribution >= 0.6 is 34.8 Å². The molecule has 34 heavy (non-hydrogen) atoms. The molecule has 1 N–H and O–H groups in total. The Morgan fingerprint density at radius 3 is 2.06 bits per heavy atom. The minimum absolute atomic E-state index is 0.0907. The van der Waals surface area contributed by atoms with E-state index in [4.69, 9.17) is 34.8 Å². The molecular weight excluding hydrogens is 521 g/mol. The van der Waals surface area contributed by atoms with Gasteiger partial charge in [0.25, 0.3) is 0 Å². The third-order valence-electron chi connectivity index (χ3n) is 5.36. The highest BCUT2D eigenvalue weighted by Crippen LogP contribution is 2.29. The maximum atomic E-state index is 13.5. The molecule has 0 aliphatic heterocycles. The molecule has 0 fully saturated rings. The molecule has 0 heterocycles. The lowest BCUT2D eigenvalue weighted by atomic mass is 10.1. The van der Waals surface area contributed by atoms with Crippen LogP contribution in [0.25, 0.3) is 0 Å². The Bertz CT molecular complexity index is 1120. The fraction of sp³-hybridized carbons (Fsp3) is 0.391. The van der Waals surface area contributed by atoms with Crippen LogP contribution < -0.4 is 9.62 Å². The second-order valence-electron chi connectivity index (χ2n) is 7.94. The first-order valence-corrected chi connectivity index (χ1v) is 13.6. The molecule has 2 aromatic carbocycles. The molecule has 0 saturated carbocycles. The van der Waals surface area contributed by atoms with Gasteiger partial charge >= 0.3 is 0 Å². The van der Waals surface area contributed by atoms with Crippen LogP contribution in [0.2, 0.25) is 15.1 Å². The summed E-state index contributed by atoms with van der Waals surface area (Å²) in [4.78, 5) is 27.7. The predicted octanol–water partition coefficient (Wildman–Crippen LogP) is 4.74. The number of nitrogens with zero attached hydrogens (tertiary/aromatic N) is 2. The highest BCUT2D eigenvalue weighted by molar-refractivity contribution is 7.92. The van der Waals surface area contributed by atoms with E-state index >= 15 is 0 Å². The number of anilines is 1. The van der Waals surface area contributed by atoms with E-state index in [1.807, 2.05) is 13.8 Å². The number of nitrogens with one attached hydrogen (secondary N) is 1. The number of para-hydroxylation sites is 1. The Morgan fingerprint density at radius 1 is 0.971 bits per heavy atom. The van der Waals surface area contributed by atoms with Crippen molar-refractivity contribution >= 4 is 62.3 Å². The zero-order valence-electron chi connectivity index (χ0n) is 19.4. The van der Waals surface area contributed by atoms with Crippen molar-refractivity contribution in [3.8, 4) is 0 Å². The van der Waals surface area contributed by atoms with Crippen LogP contribution in [-0.2, 0) is 26.2 Å². The Morgan fingerprint density at radius 2 is 1.53 bits per heavy atom. The van der Waals surface area contributed by atoms with Gasteiger partial charge in [0.1, 0.15) is 12.6 Å². The highest BCUT2D eigenvalue weighted by Gasteiger charge is 2.31. The van der Waals surface area contributed by atoms with E-state index in [1.165, 1.54) is 17.0 Å². The monoisotopic (exact) mass is 547 g/mol. The molecular formula is C23H28Cl3N3O4S. The first kappa shape index (κ1) is 28.2. The predicted molar refractivity (Wildman–Crippen MR) is 138 cm³/mol. The third-order valence-corrected chi connectivity index (χ3v) is 7.51. The number of rotatable bonds is 10. The molecule has 2 rings (SSSR count). The Hall–Kier alpha value is -2.00. The molecule has 0 aliphatic carbocycles. The summed E-state index contributed by atoms with van der Waals surface area (Å²) in [5.74, 6) is -0.998. The summed E-state index contributed by atoms with van der Waals surface area (Å²) in [6.45, 7) is 4.69. The summed E-state index contributed by atoms with van der Waals surface area (Å²) in [6.07, 6.45) is 1.69. The number of hydrogen-bond donors (Lipinski definition) is 1. The Labute approximate surface area is 216 Å². The van der Waals surface area contributed by atoms with Crippen molar-refractivity contribution in [2.45, 2.75) is 45.8 Å². The van der Waals surface area contributed by atoms with Crippen LogP contribution in [0.1, 0.15) is 32.8 Å². The first-order chi connectivity index (χ1) is 15.9. The highest BCUT2D eigenvalue weighted by atomic mass is 35.5. The molecule has 0 radical (unpaired) electrons. The van der Waals surface area contributed by atoms with Gasteiger partial charge in [0.05, 0.1) is 17.0 Å². The standard InChI is InChI=1S/C23H28Cl3N3O4S/c1-5-15(2)27-23(31)16(3)28(13-17-18(24)10-8-11-19(17)25)22(30)14-29(34(4,32)33)21-12-7-6-9-20(21)26/h6-12,15-16H,5,13-14H2,1-4H3,(H,27,31). The molecule has 2 aromatic rings. The molecule has 11 heteroatoms. The molecule has 186 valence electrons. The topological polar surface area (TPSA) is 86.8 Å². The molecule has 0 spiro atoms. The van der Waals surface area contributed by atoms with Crippen molar-refractivity contribution in [3.05, 3.63) is 63.1 Å². The fourth-order valence-electron chi connectivity index (χ4n) is 3.15. The molecule has 7 nitrogen and oxygen atoms in total. The number of halogens is 3. The zero-order chi connectivity index (χ0) is 25.6. The fourth-order valence-corrected chi connectivity index (χ4v) is 4.82. The van der Waals surface area contributed by atoms with E-state index in [9.17, 15) is 18.0 Å². The van der Waals surface area contributed by atoms with Crippen LogP contribution in [0.15, 0.2) is 42.5 Å². The summed E-state index contributed by atoms with van der Waals surface area (Å²) >= 11 is 18.9. The maximum Gasteiger partial charge on any atom is 0.244 e. The largest absolute Gasteiger partial charge is 0.352 e. The van der Waals surface area contributed by atoms with Gasteiger partial charge in [0, 0.05) is 28.2 Å². The van der Waals surface area contributed by atoms with Gasteiger partial charge in [0.2, 0.25) is 21.8 Å². The number of carbonyl (C=O) groups is 2. The van der Waals surface area contributed by atoms with Crippen molar-refractivity contribution in [1.29, 1.82) is 0 Å². The van der Waals surface area contributed by atoms with Crippen LogP contribution in [0.5, 0.6) is 0 Å². The number of benzene rings is 2. The van der Waals surface area contributed by atoms with Crippen LogP contribution in [0.4, 0.5) is 5.69 Å². The average molecular weight is 549 g/mol. The van der Waals surface area contributed by atoms with Gasteiger partial charge in [-0.3, -0.25) is 13.9 Å². The smallest absolute Gasteiger partial charge is 0.244 e. The number of amides is 2. The third kappa shape index (κ3) is 7.25. The van der Waals surface area contributed by atoms with Crippen molar-refractivity contribution in [2.24, 2.45) is 0 Å². The number of carbonyl (C=O) groups excluding carboxylic acids is 2. The lowest BCUT2D eigenvalue weighted by Gasteiger charge is -2.32. The zero-order valence-corrected chi connectivity index (χ0v) is 22.5. The maximum absolute atomic E-state index is 13.5. The van der Waals surface area contributed by atoms with Crippen LogP contribution in [0.3, 0.4) is 0 Å². The van der Waals surface area contributed by atoms with Gasteiger partial charge in [-0.05, 0) is 44.5 Å². The summed E-state index contributed by atoms with van der Waals surface area (Å²) in [7, 11) is -3.88. The lowest BCUT2D eigenvalue weighted by Crippen LogP contribution is -2.52. The van der Waals surface area contributed by atoms with Gasteiger partial charge in [-0.1, -0.05) is 59.9 Å². The minimum Gasteiger partial charge on any atom is -0.352 e. The Kier molecular flexibility index (Phi) is 10.1.